The number of Topliss-reactive ketones (excluding diaryl/α,β-unsaturated/α-hetero) is 1. The molecule has 0 fully saturated rings. The van der Waals surface area contributed by atoms with Crippen LogP contribution in [0.2, 0.25) is 0 Å². The number of hydrogen-bond acceptors (Lipinski definition) is 6. The molecule has 7 nitrogen and oxygen atoms in total. The van der Waals surface area contributed by atoms with Gasteiger partial charge in [-0.1, -0.05) is 0 Å². The fourth-order valence-corrected chi connectivity index (χ4v) is 2.53. The zero-order valence-corrected chi connectivity index (χ0v) is 11.3. The minimum absolute atomic E-state index is 0.130. The van der Waals surface area contributed by atoms with Gasteiger partial charge in [0.2, 0.25) is 5.91 Å². The molecule has 0 bridgehead atoms. The molecule has 1 heterocycles. The van der Waals surface area contributed by atoms with Gasteiger partial charge in [-0.3, -0.25) is 14.4 Å². The van der Waals surface area contributed by atoms with Gasteiger partial charge in [-0.05, 0) is 12.1 Å². The van der Waals surface area contributed by atoms with E-state index in [0.29, 0.717) is 9.75 Å². The number of rotatable bonds is 8. The number of aliphatic carboxylic acids is 1. The number of aliphatic hydroxyl groups excluding tert-OH is 2. The Morgan fingerprint density at radius 1 is 1.20 bits per heavy atom. The van der Waals surface area contributed by atoms with Gasteiger partial charge in [0.05, 0.1) is 23.8 Å². The predicted molar refractivity (Wildman–Crippen MR) is 70.3 cm³/mol. The van der Waals surface area contributed by atoms with Crippen molar-refractivity contribution in [2.75, 3.05) is 0 Å². The number of ketones is 1. The third kappa shape index (κ3) is 4.72. The van der Waals surface area contributed by atoms with E-state index in [0.717, 1.165) is 11.3 Å². The first-order valence-corrected chi connectivity index (χ1v) is 6.62. The van der Waals surface area contributed by atoms with E-state index in [-0.39, 0.29) is 25.0 Å². The third-order valence-corrected chi connectivity index (χ3v) is 3.73. The average Bonchev–Trinajstić information content (AvgIpc) is 2.83. The smallest absolute Gasteiger partial charge is 0.303 e. The van der Waals surface area contributed by atoms with Gasteiger partial charge in [0.25, 0.3) is 0 Å². The van der Waals surface area contributed by atoms with Crippen LogP contribution in [-0.4, -0.2) is 39.1 Å². The van der Waals surface area contributed by atoms with E-state index >= 15 is 0 Å². The highest BCUT2D eigenvalue weighted by Gasteiger charge is 2.23. The van der Waals surface area contributed by atoms with Crippen molar-refractivity contribution in [3.05, 3.63) is 21.9 Å². The van der Waals surface area contributed by atoms with Crippen LogP contribution in [0.3, 0.4) is 0 Å². The van der Waals surface area contributed by atoms with Crippen molar-refractivity contribution < 1.29 is 29.7 Å². The summed E-state index contributed by atoms with van der Waals surface area (Å²) in [5, 5.41) is 27.9. The van der Waals surface area contributed by atoms with Crippen LogP contribution in [0, 0.1) is 0 Å². The van der Waals surface area contributed by atoms with Gasteiger partial charge >= 0.3 is 5.97 Å². The van der Waals surface area contributed by atoms with Crippen molar-refractivity contribution in [2.45, 2.75) is 31.5 Å². The van der Waals surface area contributed by atoms with Crippen molar-refractivity contribution in [3.63, 3.8) is 0 Å². The van der Waals surface area contributed by atoms with Gasteiger partial charge in [-0.15, -0.1) is 11.3 Å². The number of primary amides is 1. The maximum Gasteiger partial charge on any atom is 0.303 e. The maximum atomic E-state index is 11.7. The van der Waals surface area contributed by atoms with Crippen LogP contribution in [0.5, 0.6) is 0 Å². The quantitative estimate of drug-likeness (QED) is 0.501. The molecule has 110 valence electrons. The molecule has 2 unspecified atom stereocenters. The molecule has 20 heavy (non-hydrogen) atoms. The number of carboxylic acid groups (broad SMARTS) is 1. The zero-order chi connectivity index (χ0) is 15.3. The number of thiophene rings is 1. The maximum absolute atomic E-state index is 11.7. The molecule has 0 aliphatic carbocycles. The number of aliphatic hydroxyl groups is 2. The first kappa shape index (κ1) is 16.3. The number of nitrogens with two attached hydrogens (primary N) is 1. The molecular weight excluding hydrogens is 286 g/mol. The molecular formula is C12H15NO6S. The fourth-order valence-electron chi connectivity index (χ4n) is 1.51. The van der Waals surface area contributed by atoms with Crippen LogP contribution in [0.25, 0.3) is 0 Å². The molecule has 0 aliphatic rings. The molecule has 1 rings (SSSR count). The van der Waals surface area contributed by atoms with Crippen LogP contribution in [0.1, 0.15) is 39.9 Å². The monoisotopic (exact) mass is 301 g/mol. The Morgan fingerprint density at radius 3 is 2.40 bits per heavy atom. The van der Waals surface area contributed by atoms with E-state index in [9.17, 15) is 24.6 Å². The first-order valence-electron chi connectivity index (χ1n) is 5.80. The SMILES string of the molecule is NC(=O)CC(O)C(O)c1ccc(C(=O)CCC(=O)O)s1. The first-order chi connectivity index (χ1) is 9.31. The summed E-state index contributed by atoms with van der Waals surface area (Å²) in [5.41, 5.74) is 4.91. The molecule has 1 aromatic heterocycles. The van der Waals surface area contributed by atoms with Crippen LogP contribution < -0.4 is 5.73 Å². The fraction of sp³-hybridized carbons (Fsp3) is 0.417. The van der Waals surface area contributed by atoms with Gasteiger partial charge in [0.1, 0.15) is 6.10 Å². The van der Waals surface area contributed by atoms with Crippen molar-refractivity contribution >= 4 is 29.0 Å². The Morgan fingerprint density at radius 2 is 1.85 bits per heavy atom. The van der Waals surface area contributed by atoms with E-state index < -0.39 is 24.1 Å². The predicted octanol–water partition coefficient (Wildman–Crippen LogP) is 0.0653. The molecule has 2 atom stereocenters. The van der Waals surface area contributed by atoms with Crippen molar-refractivity contribution in [2.24, 2.45) is 5.73 Å². The van der Waals surface area contributed by atoms with Crippen molar-refractivity contribution in [1.82, 2.24) is 0 Å². The number of carboxylic acids is 1. The van der Waals surface area contributed by atoms with Crippen LogP contribution >= 0.6 is 11.3 Å². The highest BCUT2D eigenvalue weighted by Crippen LogP contribution is 2.27. The highest BCUT2D eigenvalue weighted by molar-refractivity contribution is 7.14. The molecule has 0 spiro atoms. The summed E-state index contributed by atoms with van der Waals surface area (Å²) in [6.07, 6.45) is -3.43. The third-order valence-electron chi connectivity index (χ3n) is 2.53. The van der Waals surface area contributed by atoms with Gasteiger partial charge in [-0.25, -0.2) is 0 Å². The molecule has 0 aromatic carbocycles. The molecule has 1 amide bonds. The summed E-state index contributed by atoms with van der Waals surface area (Å²) in [6.45, 7) is 0. The standard InChI is InChI=1S/C12H15NO6S/c13-10(16)5-7(15)12(19)9-3-2-8(20-9)6(14)1-4-11(17)18/h2-3,7,12,15,19H,1,4-5H2,(H2,13,16)(H,17,18). The van der Waals surface area contributed by atoms with E-state index in [1.54, 1.807) is 0 Å². The normalized spacial score (nSPS) is 13.7. The number of carbonyl (C=O) groups excluding carboxylic acids is 2. The van der Waals surface area contributed by atoms with E-state index in [1.807, 2.05) is 0 Å². The van der Waals surface area contributed by atoms with Crippen LogP contribution in [-0.2, 0) is 9.59 Å². The Balaban J connectivity index is 2.68. The zero-order valence-electron chi connectivity index (χ0n) is 10.5. The topological polar surface area (TPSA) is 138 Å². The molecule has 0 saturated heterocycles. The Labute approximate surface area is 118 Å². The molecule has 0 aliphatic heterocycles. The van der Waals surface area contributed by atoms with Crippen LogP contribution in [0.4, 0.5) is 0 Å². The molecule has 0 saturated carbocycles. The molecule has 1 aromatic rings. The Kier molecular flexibility index (Phi) is 5.81. The Hall–Kier alpha value is -1.77. The lowest BCUT2D eigenvalue weighted by Gasteiger charge is -2.14. The van der Waals surface area contributed by atoms with Gasteiger partial charge in [0, 0.05) is 11.3 Å². The number of hydrogen-bond donors (Lipinski definition) is 4. The molecule has 5 N–H and O–H groups in total. The lowest BCUT2D eigenvalue weighted by atomic mass is 10.1. The summed E-state index contributed by atoms with van der Waals surface area (Å²) in [6, 6.07) is 2.90. The number of carbonyl (C=O) groups is 3. The summed E-state index contributed by atoms with van der Waals surface area (Å²) < 4.78 is 0. The summed E-state index contributed by atoms with van der Waals surface area (Å²) >= 11 is 0.952. The van der Waals surface area contributed by atoms with E-state index in [1.165, 1.54) is 12.1 Å². The minimum atomic E-state index is -1.34. The average molecular weight is 301 g/mol. The van der Waals surface area contributed by atoms with Gasteiger partial charge < -0.3 is 21.1 Å². The highest BCUT2D eigenvalue weighted by atomic mass is 32.1. The summed E-state index contributed by atoms with van der Waals surface area (Å²) in [7, 11) is 0. The van der Waals surface area contributed by atoms with E-state index in [2.05, 4.69) is 0 Å². The van der Waals surface area contributed by atoms with Gasteiger partial charge in [0.15, 0.2) is 5.78 Å². The molecule has 8 heteroatoms. The number of amides is 1. The lowest BCUT2D eigenvalue weighted by molar-refractivity contribution is -0.137. The summed E-state index contributed by atoms with van der Waals surface area (Å²) in [5.74, 6) is -2.15. The Bertz CT molecular complexity index is 512. The van der Waals surface area contributed by atoms with Gasteiger partial charge in [-0.2, -0.15) is 0 Å². The second kappa shape index (κ2) is 7.13. The van der Waals surface area contributed by atoms with Crippen molar-refractivity contribution in [3.8, 4) is 0 Å². The minimum Gasteiger partial charge on any atom is -0.481 e. The second-order valence-electron chi connectivity index (χ2n) is 4.20. The van der Waals surface area contributed by atoms with E-state index in [4.69, 9.17) is 10.8 Å². The van der Waals surface area contributed by atoms with Crippen LogP contribution in [0.15, 0.2) is 12.1 Å². The summed E-state index contributed by atoms with van der Waals surface area (Å²) in [4.78, 5) is 33.3. The van der Waals surface area contributed by atoms with Crippen molar-refractivity contribution in [1.29, 1.82) is 0 Å². The second-order valence-corrected chi connectivity index (χ2v) is 5.32. The lowest BCUT2D eigenvalue weighted by Crippen LogP contribution is -2.25. The largest absolute Gasteiger partial charge is 0.481 e. The molecule has 0 radical (unpaired) electrons.